The van der Waals surface area contributed by atoms with Gasteiger partial charge in [-0.15, -0.1) is 11.8 Å². The molecule has 2 N–H and O–H groups in total. The van der Waals surface area contributed by atoms with E-state index < -0.39 is 0 Å². The minimum absolute atomic E-state index is 0.358. The molecule has 0 saturated carbocycles. The molecule has 1 heterocycles. The summed E-state index contributed by atoms with van der Waals surface area (Å²) in [4.78, 5) is 1.58. The van der Waals surface area contributed by atoms with Crippen LogP contribution in [0.1, 0.15) is 19.3 Å². The SMILES string of the molecule is NC1C=C2SCCC2CC1. The van der Waals surface area contributed by atoms with E-state index in [1.54, 1.807) is 4.91 Å². The van der Waals surface area contributed by atoms with Crippen LogP contribution in [-0.2, 0) is 0 Å². The number of hydrogen-bond donors (Lipinski definition) is 1. The molecule has 1 aliphatic carbocycles. The van der Waals surface area contributed by atoms with Gasteiger partial charge in [-0.1, -0.05) is 6.08 Å². The van der Waals surface area contributed by atoms with Crippen LogP contribution in [0.5, 0.6) is 0 Å². The van der Waals surface area contributed by atoms with Gasteiger partial charge in [-0.2, -0.15) is 0 Å². The number of fused-ring (bicyclic) bond motifs is 1. The van der Waals surface area contributed by atoms with Crippen molar-refractivity contribution in [2.75, 3.05) is 5.75 Å². The highest BCUT2D eigenvalue weighted by molar-refractivity contribution is 8.03. The quantitative estimate of drug-likeness (QED) is 0.576. The third kappa shape index (κ3) is 1.10. The summed E-state index contributed by atoms with van der Waals surface area (Å²) in [6.07, 6.45) is 6.20. The number of allylic oxidation sites excluding steroid dienone is 1. The second-order valence-corrected chi connectivity index (χ2v) is 4.31. The Hall–Kier alpha value is 0.0500. The van der Waals surface area contributed by atoms with E-state index in [-0.39, 0.29) is 0 Å². The van der Waals surface area contributed by atoms with Crippen LogP contribution in [0.2, 0.25) is 0 Å². The van der Waals surface area contributed by atoms with Gasteiger partial charge < -0.3 is 5.73 Å². The molecule has 1 fully saturated rings. The highest BCUT2D eigenvalue weighted by atomic mass is 32.2. The Morgan fingerprint density at radius 2 is 2.30 bits per heavy atom. The Bertz CT molecular complexity index is 165. The van der Waals surface area contributed by atoms with Gasteiger partial charge in [-0.05, 0) is 35.8 Å². The van der Waals surface area contributed by atoms with E-state index in [4.69, 9.17) is 5.73 Å². The van der Waals surface area contributed by atoms with Crippen LogP contribution >= 0.6 is 11.8 Å². The molecular formula is C8H13NS. The van der Waals surface area contributed by atoms with Gasteiger partial charge in [-0.3, -0.25) is 0 Å². The lowest BCUT2D eigenvalue weighted by Crippen LogP contribution is -2.22. The zero-order valence-electron chi connectivity index (χ0n) is 6.05. The molecule has 1 saturated heterocycles. The highest BCUT2D eigenvalue weighted by Gasteiger charge is 2.25. The average molecular weight is 155 g/mol. The monoisotopic (exact) mass is 155 g/mol. The van der Waals surface area contributed by atoms with Gasteiger partial charge in [0.15, 0.2) is 0 Å². The molecule has 0 amide bonds. The molecule has 0 bridgehead atoms. The number of nitrogens with two attached hydrogens (primary N) is 1. The van der Waals surface area contributed by atoms with Crippen LogP contribution < -0.4 is 5.73 Å². The van der Waals surface area contributed by atoms with Gasteiger partial charge in [-0.25, -0.2) is 0 Å². The summed E-state index contributed by atoms with van der Waals surface area (Å²) in [6.45, 7) is 0. The molecule has 1 nitrogen and oxygen atoms in total. The van der Waals surface area contributed by atoms with Crippen molar-refractivity contribution in [2.24, 2.45) is 11.7 Å². The third-order valence-corrected chi connectivity index (χ3v) is 3.61. The highest BCUT2D eigenvalue weighted by Crippen LogP contribution is 2.41. The minimum atomic E-state index is 0.358. The summed E-state index contributed by atoms with van der Waals surface area (Å²) in [7, 11) is 0. The molecular weight excluding hydrogens is 142 g/mol. The van der Waals surface area contributed by atoms with Crippen molar-refractivity contribution in [1.82, 2.24) is 0 Å². The summed E-state index contributed by atoms with van der Waals surface area (Å²) in [5, 5.41) is 0. The fourth-order valence-corrected chi connectivity index (χ4v) is 3.12. The maximum atomic E-state index is 5.80. The molecule has 56 valence electrons. The van der Waals surface area contributed by atoms with E-state index in [1.807, 2.05) is 11.8 Å². The summed E-state index contributed by atoms with van der Waals surface area (Å²) in [5.41, 5.74) is 5.80. The van der Waals surface area contributed by atoms with Crippen molar-refractivity contribution in [1.29, 1.82) is 0 Å². The smallest absolute Gasteiger partial charge is 0.0234 e. The molecule has 10 heavy (non-hydrogen) atoms. The first kappa shape index (κ1) is 6.74. The predicted octanol–water partition coefficient (Wildman–Crippen LogP) is 1.74. The van der Waals surface area contributed by atoms with Crippen LogP contribution in [-0.4, -0.2) is 11.8 Å². The van der Waals surface area contributed by atoms with Crippen LogP contribution in [0.15, 0.2) is 11.0 Å². The van der Waals surface area contributed by atoms with Gasteiger partial charge in [0, 0.05) is 6.04 Å². The number of thioether (sulfide) groups is 1. The maximum Gasteiger partial charge on any atom is 0.0234 e. The molecule has 0 aromatic rings. The fraction of sp³-hybridized carbons (Fsp3) is 0.750. The van der Waals surface area contributed by atoms with Crippen LogP contribution in [0.3, 0.4) is 0 Å². The van der Waals surface area contributed by atoms with Gasteiger partial charge in [0.25, 0.3) is 0 Å². The molecule has 1 aliphatic heterocycles. The van der Waals surface area contributed by atoms with E-state index >= 15 is 0 Å². The fourth-order valence-electron chi connectivity index (χ4n) is 1.74. The first-order valence-electron chi connectivity index (χ1n) is 3.96. The molecule has 0 aromatic heterocycles. The largest absolute Gasteiger partial charge is 0.324 e. The summed E-state index contributed by atoms with van der Waals surface area (Å²) in [6, 6.07) is 0.358. The van der Waals surface area contributed by atoms with E-state index in [9.17, 15) is 0 Å². The Kier molecular flexibility index (Phi) is 1.75. The summed E-state index contributed by atoms with van der Waals surface area (Å²) in [5.74, 6) is 2.22. The second-order valence-electron chi connectivity index (χ2n) is 3.14. The van der Waals surface area contributed by atoms with Gasteiger partial charge in [0.05, 0.1) is 0 Å². The van der Waals surface area contributed by atoms with Crippen molar-refractivity contribution in [3.05, 3.63) is 11.0 Å². The molecule has 2 rings (SSSR count). The van der Waals surface area contributed by atoms with E-state index in [0.717, 1.165) is 5.92 Å². The lowest BCUT2D eigenvalue weighted by Gasteiger charge is -2.20. The molecule has 0 radical (unpaired) electrons. The molecule has 2 unspecified atom stereocenters. The van der Waals surface area contributed by atoms with Crippen molar-refractivity contribution in [3.63, 3.8) is 0 Å². The first-order valence-corrected chi connectivity index (χ1v) is 4.95. The zero-order chi connectivity index (χ0) is 6.97. The predicted molar refractivity (Wildman–Crippen MR) is 45.9 cm³/mol. The van der Waals surface area contributed by atoms with Gasteiger partial charge in [0.1, 0.15) is 0 Å². The Morgan fingerprint density at radius 3 is 3.20 bits per heavy atom. The molecule has 2 aliphatic rings. The molecule has 2 atom stereocenters. The number of hydrogen-bond acceptors (Lipinski definition) is 2. The van der Waals surface area contributed by atoms with Crippen molar-refractivity contribution < 1.29 is 0 Å². The van der Waals surface area contributed by atoms with Crippen LogP contribution in [0.25, 0.3) is 0 Å². The first-order chi connectivity index (χ1) is 4.86. The van der Waals surface area contributed by atoms with Crippen molar-refractivity contribution >= 4 is 11.8 Å². The molecule has 2 heteroatoms. The lowest BCUT2D eigenvalue weighted by atomic mass is 9.91. The minimum Gasteiger partial charge on any atom is -0.324 e. The summed E-state index contributed by atoms with van der Waals surface area (Å²) >= 11 is 2.01. The van der Waals surface area contributed by atoms with Crippen LogP contribution in [0.4, 0.5) is 0 Å². The van der Waals surface area contributed by atoms with Crippen LogP contribution in [0, 0.1) is 5.92 Å². The Morgan fingerprint density at radius 1 is 1.40 bits per heavy atom. The van der Waals surface area contributed by atoms with Crippen molar-refractivity contribution in [2.45, 2.75) is 25.3 Å². The van der Waals surface area contributed by atoms with E-state index in [2.05, 4.69) is 6.08 Å². The lowest BCUT2D eigenvalue weighted by molar-refractivity contribution is 0.503. The van der Waals surface area contributed by atoms with E-state index in [1.165, 1.54) is 25.0 Å². The van der Waals surface area contributed by atoms with E-state index in [0.29, 0.717) is 6.04 Å². The Labute approximate surface area is 66.1 Å². The maximum absolute atomic E-state index is 5.80. The normalized spacial score (nSPS) is 39.1. The topological polar surface area (TPSA) is 26.0 Å². The molecule has 0 aromatic carbocycles. The third-order valence-electron chi connectivity index (χ3n) is 2.36. The zero-order valence-corrected chi connectivity index (χ0v) is 6.86. The van der Waals surface area contributed by atoms with Crippen molar-refractivity contribution in [3.8, 4) is 0 Å². The Balaban J connectivity index is 2.16. The summed E-state index contributed by atoms with van der Waals surface area (Å²) < 4.78 is 0. The molecule has 0 spiro atoms. The standard InChI is InChI=1S/C8H13NS/c9-7-2-1-6-3-4-10-8(6)5-7/h5-7H,1-4,9H2. The average Bonchev–Trinajstić information content (AvgIpc) is 2.33. The van der Waals surface area contributed by atoms with Gasteiger partial charge in [0.2, 0.25) is 0 Å². The second kappa shape index (κ2) is 2.59. The van der Waals surface area contributed by atoms with Gasteiger partial charge >= 0.3 is 0 Å². The number of rotatable bonds is 0.